The van der Waals surface area contributed by atoms with Crippen molar-refractivity contribution in [1.82, 2.24) is 9.80 Å². The van der Waals surface area contributed by atoms with E-state index in [2.05, 4.69) is 13.8 Å². The summed E-state index contributed by atoms with van der Waals surface area (Å²) >= 11 is 0. The van der Waals surface area contributed by atoms with Crippen LogP contribution in [0.3, 0.4) is 0 Å². The predicted molar refractivity (Wildman–Crippen MR) is 78.0 cm³/mol. The van der Waals surface area contributed by atoms with Crippen molar-refractivity contribution in [3.8, 4) is 0 Å². The van der Waals surface area contributed by atoms with E-state index in [1.165, 1.54) is 4.90 Å². The van der Waals surface area contributed by atoms with Crippen LogP contribution in [0, 0.1) is 5.41 Å². The number of β-amino-alcohol motifs (C(OH)–C–C–N with tert-alkyl or cyclic N) is 1. The summed E-state index contributed by atoms with van der Waals surface area (Å²) in [7, 11) is 0. The minimum absolute atomic E-state index is 0.124. The molecule has 0 spiro atoms. The quantitative estimate of drug-likeness (QED) is 0.828. The van der Waals surface area contributed by atoms with Crippen molar-refractivity contribution < 1.29 is 19.8 Å². The van der Waals surface area contributed by atoms with E-state index in [0.717, 1.165) is 25.7 Å². The van der Waals surface area contributed by atoms with Gasteiger partial charge in [-0.25, -0.2) is 9.59 Å². The summed E-state index contributed by atoms with van der Waals surface area (Å²) in [6.07, 6.45) is 3.57. The molecule has 0 aromatic heterocycles. The summed E-state index contributed by atoms with van der Waals surface area (Å²) in [6.45, 7) is 5.87. The molecule has 2 amide bonds. The second-order valence-corrected chi connectivity index (χ2v) is 6.37. The van der Waals surface area contributed by atoms with Gasteiger partial charge in [0.05, 0.1) is 6.10 Å². The van der Waals surface area contributed by atoms with Gasteiger partial charge in [-0.15, -0.1) is 0 Å². The van der Waals surface area contributed by atoms with Crippen molar-refractivity contribution in [3.63, 3.8) is 0 Å². The molecule has 0 bridgehead atoms. The molecule has 120 valence electrons. The van der Waals surface area contributed by atoms with E-state index in [1.54, 1.807) is 4.90 Å². The number of hydrogen-bond acceptors (Lipinski definition) is 3. The molecule has 2 N–H and O–H groups in total. The summed E-state index contributed by atoms with van der Waals surface area (Å²) in [6, 6.07) is -1.13. The van der Waals surface area contributed by atoms with E-state index in [0.29, 0.717) is 18.5 Å². The van der Waals surface area contributed by atoms with Crippen molar-refractivity contribution in [3.05, 3.63) is 0 Å². The molecule has 2 aliphatic heterocycles. The number of carboxylic acid groups (broad SMARTS) is 1. The summed E-state index contributed by atoms with van der Waals surface area (Å²) in [4.78, 5) is 26.8. The summed E-state index contributed by atoms with van der Waals surface area (Å²) in [5.41, 5.74) is 0.327. The van der Waals surface area contributed by atoms with Gasteiger partial charge in [0.1, 0.15) is 6.04 Å². The van der Waals surface area contributed by atoms with Crippen LogP contribution in [0.2, 0.25) is 0 Å². The summed E-state index contributed by atoms with van der Waals surface area (Å²) in [5, 5.41) is 18.8. The lowest BCUT2D eigenvalue weighted by Crippen LogP contribution is -2.51. The van der Waals surface area contributed by atoms with Gasteiger partial charge in [0.25, 0.3) is 0 Å². The lowest BCUT2D eigenvalue weighted by Gasteiger charge is -2.42. The number of aliphatic hydroxyl groups is 1. The third-order valence-corrected chi connectivity index (χ3v) is 5.40. The molecule has 0 unspecified atom stereocenters. The topological polar surface area (TPSA) is 81.1 Å². The maximum absolute atomic E-state index is 12.5. The van der Waals surface area contributed by atoms with Crippen LogP contribution in [-0.2, 0) is 4.79 Å². The molecular weight excluding hydrogens is 272 g/mol. The molecule has 2 aliphatic rings. The third-order valence-electron chi connectivity index (χ3n) is 5.40. The molecule has 0 radical (unpaired) electrons. The Hall–Kier alpha value is -1.30. The molecular formula is C15H26N2O4. The van der Waals surface area contributed by atoms with E-state index < -0.39 is 18.1 Å². The third kappa shape index (κ3) is 3.15. The number of rotatable bonds is 3. The average Bonchev–Trinajstić information content (AvgIpc) is 2.89. The van der Waals surface area contributed by atoms with Crippen LogP contribution in [0.4, 0.5) is 4.79 Å². The SMILES string of the molecule is CCC1(CC)CCN(C(=O)N2C[C@H](O)C[C@H]2C(=O)O)CC1. The van der Waals surface area contributed by atoms with Crippen molar-refractivity contribution in [2.24, 2.45) is 5.41 Å². The smallest absolute Gasteiger partial charge is 0.326 e. The largest absolute Gasteiger partial charge is 0.480 e. The summed E-state index contributed by atoms with van der Waals surface area (Å²) in [5.74, 6) is -1.03. The second-order valence-electron chi connectivity index (χ2n) is 6.37. The van der Waals surface area contributed by atoms with Crippen LogP contribution in [0.5, 0.6) is 0 Å². The molecule has 6 heteroatoms. The molecule has 2 rings (SSSR count). The Morgan fingerprint density at radius 3 is 2.24 bits per heavy atom. The fourth-order valence-corrected chi connectivity index (χ4v) is 3.57. The van der Waals surface area contributed by atoms with E-state index >= 15 is 0 Å². The Balaban J connectivity index is 2.00. The lowest BCUT2D eigenvalue weighted by atomic mass is 9.74. The maximum Gasteiger partial charge on any atom is 0.326 e. The van der Waals surface area contributed by atoms with Gasteiger partial charge in [-0.2, -0.15) is 0 Å². The van der Waals surface area contributed by atoms with Crippen molar-refractivity contribution in [2.75, 3.05) is 19.6 Å². The van der Waals surface area contributed by atoms with E-state index in [-0.39, 0.29) is 19.0 Å². The first kappa shape index (κ1) is 16.1. The Morgan fingerprint density at radius 1 is 1.19 bits per heavy atom. The number of carboxylic acids is 1. The number of aliphatic carboxylic acids is 1. The highest BCUT2D eigenvalue weighted by Gasteiger charge is 2.42. The zero-order valence-electron chi connectivity index (χ0n) is 12.9. The van der Waals surface area contributed by atoms with E-state index in [4.69, 9.17) is 0 Å². The lowest BCUT2D eigenvalue weighted by molar-refractivity contribution is -0.141. The van der Waals surface area contributed by atoms with Gasteiger partial charge in [-0.3, -0.25) is 0 Å². The zero-order valence-corrected chi connectivity index (χ0v) is 12.9. The Morgan fingerprint density at radius 2 is 1.76 bits per heavy atom. The zero-order chi connectivity index (χ0) is 15.6. The van der Waals surface area contributed by atoms with Crippen LogP contribution < -0.4 is 0 Å². The Bertz CT molecular complexity index is 398. The maximum atomic E-state index is 12.5. The van der Waals surface area contributed by atoms with Crippen LogP contribution >= 0.6 is 0 Å². The van der Waals surface area contributed by atoms with Crippen LogP contribution in [0.15, 0.2) is 0 Å². The number of carbonyl (C=O) groups is 2. The minimum atomic E-state index is -1.03. The first-order valence-corrected chi connectivity index (χ1v) is 7.89. The normalized spacial score (nSPS) is 28.7. The van der Waals surface area contributed by atoms with E-state index in [1.807, 2.05) is 0 Å². The Kier molecular flexibility index (Phi) is 4.76. The van der Waals surface area contributed by atoms with Crippen LogP contribution in [-0.4, -0.2) is 63.8 Å². The minimum Gasteiger partial charge on any atom is -0.480 e. The highest BCUT2D eigenvalue weighted by molar-refractivity contribution is 5.83. The van der Waals surface area contributed by atoms with Crippen LogP contribution in [0.25, 0.3) is 0 Å². The second kappa shape index (κ2) is 6.22. The van der Waals surface area contributed by atoms with Crippen molar-refractivity contribution >= 4 is 12.0 Å². The number of carbonyl (C=O) groups excluding carboxylic acids is 1. The van der Waals surface area contributed by atoms with E-state index in [9.17, 15) is 19.8 Å². The number of nitrogens with zero attached hydrogens (tertiary/aromatic N) is 2. The molecule has 0 aliphatic carbocycles. The van der Waals surface area contributed by atoms with Gasteiger partial charge in [0.2, 0.25) is 0 Å². The Labute approximate surface area is 125 Å². The molecule has 2 heterocycles. The fraction of sp³-hybridized carbons (Fsp3) is 0.867. The molecule has 2 fully saturated rings. The molecule has 2 atom stereocenters. The summed E-state index contributed by atoms with van der Waals surface area (Å²) < 4.78 is 0. The molecule has 21 heavy (non-hydrogen) atoms. The number of likely N-dealkylation sites (tertiary alicyclic amines) is 2. The first-order valence-electron chi connectivity index (χ1n) is 7.89. The number of hydrogen-bond donors (Lipinski definition) is 2. The molecule has 6 nitrogen and oxygen atoms in total. The fourth-order valence-electron chi connectivity index (χ4n) is 3.57. The standard InChI is InChI=1S/C15H26N2O4/c1-3-15(4-2)5-7-16(8-6-15)14(21)17-10-11(18)9-12(17)13(19)20/h11-12,18H,3-10H2,1-2H3,(H,19,20)/t11-,12+/m1/s1. The number of urea groups is 1. The molecule has 0 saturated carbocycles. The number of aliphatic hydroxyl groups excluding tert-OH is 1. The van der Waals surface area contributed by atoms with Gasteiger partial charge in [-0.1, -0.05) is 26.7 Å². The number of amides is 2. The first-order chi connectivity index (χ1) is 9.92. The molecule has 0 aromatic carbocycles. The number of piperidine rings is 1. The molecule has 0 aromatic rings. The molecule has 2 saturated heterocycles. The van der Waals surface area contributed by atoms with Crippen molar-refractivity contribution in [1.29, 1.82) is 0 Å². The average molecular weight is 298 g/mol. The van der Waals surface area contributed by atoms with Crippen molar-refractivity contribution in [2.45, 2.75) is 58.1 Å². The van der Waals surface area contributed by atoms with Gasteiger partial charge in [0.15, 0.2) is 0 Å². The highest BCUT2D eigenvalue weighted by Crippen LogP contribution is 2.38. The van der Waals surface area contributed by atoms with Gasteiger partial charge >= 0.3 is 12.0 Å². The van der Waals surface area contributed by atoms with Crippen LogP contribution in [0.1, 0.15) is 46.0 Å². The highest BCUT2D eigenvalue weighted by atomic mass is 16.4. The van der Waals surface area contributed by atoms with Gasteiger partial charge in [-0.05, 0) is 18.3 Å². The monoisotopic (exact) mass is 298 g/mol. The van der Waals surface area contributed by atoms with Gasteiger partial charge in [0, 0.05) is 26.1 Å². The predicted octanol–water partition coefficient (Wildman–Crippen LogP) is 1.53. The van der Waals surface area contributed by atoms with Gasteiger partial charge < -0.3 is 20.0 Å².